The number of hydrogen-bond donors (Lipinski definition) is 1. The van der Waals surface area contributed by atoms with Crippen molar-refractivity contribution in [3.8, 4) is 11.5 Å². The summed E-state index contributed by atoms with van der Waals surface area (Å²) in [6, 6.07) is 3.65. The first kappa shape index (κ1) is 15.8. The predicted octanol–water partition coefficient (Wildman–Crippen LogP) is 2.98. The first-order valence-corrected chi connectivity index (χ1v) is 8.17. The summed E-state index contributed by atoms with van der Waals surface area (Å²) < 4.78 is 16.5. The number of hydrogen-bond acceptors (Lipinski definition) is 5. The van der Waals surface area contributed by atoms with Crippen LogP contribution in [0, 0.1) is 0 Å². The standard InChI is InChI=1S/C20H21NO4/c1-21-10-11-7-17(23-2)18(24-3)9-13(11)14-8-15-12(19(14)21)5-6-16(22)20(15)25-4/h5-7,9-10,18,22H,8H2,1-4H3. The third-order valence-corrected chi connectivity index (χ3v) is 5.05. The van der Waals surface area contributed by atoms with Crippen LogP contribution in [0.1, 0.15) is 11.1 Å². The maximum absolute atomic E-state index is 10.1. The van der Waals surface area contributed by atoms with Gasteiger partial charge in [-0.25, -0.2) is 0 Å². The molecule has 1 N–H and O–H groups in total. The summed E-state index contributed by atoms with van der Waals surface area (Å²) in [5.74, 6) is 1.52. The lowest BCUT2D eigenvalue weighted by Gasteiger charge is -2.31. The van der Waals surface area contributed by atoms with Gasteiger partial charge in [-0.2, -0.15) is 0 Å². The molecule has 1 aromatic carbocycles. The zero-order chi connectivity index (χ0) is 17.7. The summed E-state index contributed by atoms with van der Waals surface area (Å²) in [5.41, 5.74) is 6.73. The van der Waals surface area contributed by atoms with Gasteiger partial charge in [-0.3, -0.25) is 0 Å². The van der Waals surface area contributed by atoms with Crippen LogP contribution in [0.4, 0.5) is 0 Å². The average molecular weight is 339 g/mol. The highest BCUT2D eigenvalue weighted by Gasteiger charge is 2.35. The number of aromatic hydroxyl groups is 1. The summed E-state index contributed by atoms with van der Waals surface area (Å²) >= 11 is 0. The van der Waals surface area contributed by atoms with E-state index >= 15 is 0 Å². The molecule has 0 spiro atoms. The summed E-state index contributed by atoms with van der Waals surface area (Å²) in [5, 5.41) is 10.1. The smallest absolute Gasteiger partial charge is 0.164 e. The van der Waals surface area contributed by atoms with Crippen molar-refractivity contribution in [3.63, 3.8) is 0 Å². The van der Waals surface area contributed by atoms with Gasteiger partial charge in [0.1, 0.15) is 11.9 Å². The van der Waals surface area contributed by atoms with Crippen LogP contribution >= 0.6 is 0 Å². The number of fused-ring (bicyclic) bond motifs is 4. The van der Waals surface area contributed by atoms with E-state index in [0.717, 1.165) is 33.7 Å². The topological polar surface area (TPSA) is 51.2 Å². The molecule has 4 rings (SSSR count). The molecule has 0 aromatic heterocycles. The Morgan fingerprint density at radius 1 is 1.16 bits per heavy atom. The number of ether oxygens (including phenoxy) is 3. The molecule has 0 saturated carbocycles. The van der Waals surface area contributed by atoms with Gasteiger partial charge in [-0.05, 0) is 35.4 Å². The Morgan fingerprint density at radius 3 is 2.64 bits per heavy atom. The molecule has 130 valence electrons. The molecule has 1 aliphatic heterocycles. The minimum absolute atomic E-state index is 0.172. The predicted molar refractivity (Wildman–Crippen MR) is 95.1 cm³/mol. The van der Waals surface area contributed by atoms with Gasteiger partial charge in [0.05, 0.1) is 19.9 Å². The van der Waals surface area contributed by atoms with E-state index < -0.39 is 0 Å². The Bertz CT molecular complexity index is 876. The molecule has 1 atom stereocenters. The fourth-order valence-corrected chi connectivity index (χ4v) is 3.95. The third kappa shape index (κ3) is 2.19. The number of phenolic OH excluding ortho intramolecular Hbond substituents is 1. The first-order chi connectivity index (χ1) is 12.1. The fraction of sp³-hybridized carbons (Fsp3) is 0.300. The summed E-state index contributed by atoms with van der Waals surface area (Å²) in [6.45, 7) is 0. The number of benzene rings is 1. The van der Waals surface area contributed by atoms with Crippen LogP contribution in [-0.4, -0.2) is 44.5 Å². The van der Waals surface area contributed by atoms with E-state index in [1.165, 1.54) is 5.57 Å². The Labute approximate surface area is 147 Å². The van der Waals surface area contributed by atoms with Crippen molar-refractivity contribution in [2.75, 3.05) is 28.4 Å². The van der Waals surface area contributed by atoms with Crippen LogP contribution < -0.4 is 4.74 Å². The minimum Gasteiger partial charge on any atom is -0.504 e. The van der Waals surface area contributed by atoms with E-state index in [1.807, 2.05) is 19.2 Å². The summed E-state index contributed by atoms with van der Waals surface area (Å²) in [7, 11) is 6.97. The van der Waals surface area contributed by atoms with Crippen molar-refractivity contribution < 1.29 is 19.3 Å². The van der Waals surface area contributed by atoms with Crippen molar-refractivity contribution in [2.45, 2.75) is 12.5 Å². The number of methoxy groups -OCH3 is 3. The van der Waals surface area contributed by atoms with Gasteiger partial charge in [0, 0.05) is 43.5 Å². The molecule has 1 unspecified atom stereocenters. The van der Waals surface area contributed by atoms with Crippen molar-refractivity contribution >= 4 is 5.70 Å². The van der Waals surface area contributed by atoms with E-state index in [9.17, 15) is 5.11 Å². The van der Waals surface area contributed by atoms with Crippen LogP contribution in [0.2, 0.25) is 0 Å². The maximum Gasteiger partial charge on any atom is 0.164 e. The van der Waals surface area contributed by atoms with E-state index in [-0.39, 0.29) is 11.9 Å². The Kier molecular flexibility index (Phi) is 3.62. The molecule has 0 saturated heterocycles. The zero-order valence-electron chi connectivity index (χ0n) is 14.8. The number of rotatable bonds is 3. The second-order valence-corrected chi connectivity index (χ2v) is 6.33. The molecular formula is C20H21NO4. The Morgan fingerprint density at radius 2 is 1.96 bits per heavy atom. The van der Waals surface area contributed by atoms with Gasteiger partial charge in [0.15, 0.2) is 11.5 Å². The molecule has 5 nitrogen and oxygen atoms in total. The average Bonchev–Trinajstić information content (AvgIpc) is 3.01. The first-order valence-electron chi connectivity index (χ1n) is 8.17. The normalized spacial score (nSPS) is 21.0. The number of nitrogens with zero attached hydrogens (tertiary/aromatic N) is 1. The van der Waals surface area contributed by atoms with E-state index in [2.05, 4.69) is 17.2 Å². The lowest BCUT2D eigenvalue weighted by Crippen LogP contribution is -2.23. The van der Waals surface area contributed by atoms with E-state index in [4.69, 9.17) is 14.2 Å². The molecule has 0 amide bonds. The van der Waals surface area contributed by atoms with Gasteiger partial charge in [0.25, 0.3) is 0 Å². The molecule has 5 heteroatoms. The van der Waals surface area contributed by atoms with Crippen LogP contribution in [0.5, 0.6) is 11.5 Å². The minimum atomic E-state index is -0.201. The molecule has 25 heavy (non-hydrogen) atoms. The molecule has 1 heterocycles. The largest absolute Gasteiger partial charge is 0.504 e. The monoisotopic (exact) mass is 339 g/mol. The van der Waals surface area contributed by atoms with Crippen molar-refractivity contribution in [2.24, 2.45) is 0 Å². The molecule has 1 aromatic rings. The third-order valence-electron chi connectivity index (χ3n) is 5.05. The summed E-state index contributed by atoms with van der Waals surface area (Å²) in [4.78, 5) is 2.13. The molecule has 3 aliphatic rings. The van der Waals surface area contributed by atoms with Gasteiger partial charge < -0.3 is 24.2 Å². The van der Waals surface area contributed by atoms with Gasteiger partial charge in [-0.15, -0.1) is 0 Å². The van der Waals surface area contributed by atoms with E-state index in [0.29, 0.717) is 12.2 Å². The van der Waals surface area contributed by atoms with Gasteiger partial charge >= 0.3 is 0 Å². The number of phenols is 1. The molecule has 2 aliphatic carbocycles. The number of allylic oxidation sites excluding steroid dienone is 4. The molecule has 0 bridgehead atoms. The lowest BCUT2D eigenvalue weighted by atomic mass is 9.88. The lowest BCUT2D eigenvalue weighted by molar-refractivity contribution is 0.108. The van der Waals surface area contributed by atoms with Crippen LogP contribution in [0.25, 0.3) is 5.70 Å². The van der Waals surface area contributed by atoms with Crippen LogP contribution in [-0.2, 0) is 15.9 Å². The highest BCUT2D eigenvalue weighted by molar-refractivity contribution is 5.86. The van der Waals surface area contributed by atoms with Crippen LogP contribution in [0.3, 0.4) is 0 Å². The highest BCUT2D eigenvalue weighted by atomic mass is 16.5. The van der Waals surface area contributed by atoms with Crippen molar-refractivity contribution in [3.05, 3.63) is 64.1 Å². The zero-order valence-corrected chi connectivity index (χ0v) is 14.8. The van der Waals surface area contributed by atoms with Crippen molar-refractivity contribution in [1.82, 2.24) is 4.90 Å². The maximum atomic E-state index is 10.1. The second-order valence-electron chi connectivity index (χ2n) is 6.33. The molecular weight excluding hydrogens is 318 g/mol. The second kappa shape index (κ2) is 5.70. The van der Waals surface area contributed by atoms with Crippen molar-refractivity contribution in [1.29, 1.82) is 0 Å². The summed E-state index contributed by atoms with van der Waals surface area (Å²) in [6.07, 6.45) is 6.74. The molecule has 0 radical (unpaired) electrons. The van der Waals surface area contributed by atoms with Gasteiger partial charge in [-0.1, -0.05) is 0 Å². The van der Waals surface area contributed by atoms with Crippen LogP contribution in [0.15, 0.2) is 53.0 Å². The Balaban J connectivity index is 1.85. The van der Waals surface area contributed by atoms with E-state index in [1.54, 1.807) is 27.4 Å². The SMILES string of the molecule is COC1=CC2=CN(C)C3=C(Cc4c3ccc(O)c4OC)C2=CC1OC. The molecule has 0 fully saturated rings. The highest BCUT2D eigenvalue weighted by Crippen LogP contribution is 2.49. The van der Waals surface area contributed by atoms with Gasteiger partial charge in [0.2, 0.25) is 0 Å². The Hall–Kier alpha value is -2.66. The quantitative estimate of drug-likeness (QED) is 0.917. The fourth-order valence-electron chi connectivity index (χ4n) is 3.95.